The van der Waals surface area contributed by atoms with Crippen molar-refractivity contribution in [3.63, 3.8) is 0 Å². The molecule has 30 heavy (non-hydrogen) atoms. The van der Waals surface area contributed by atoms with Gasteiger partial charge in [-0.1, -0.05) is 34.5 Å². The Morgan fingerprint density at radius 3 is 2.57 bits per heavy atom. The Bertz CT molecular complexity index is 1300. The predicted octanol–water partition coefficient (Wildman–Crippen LogP) is 6.62. The summed E-state index contributed by atoms with van der Waals surface area (Å²) in [6, 6.07) is 10.5. The van der Waals surface area contributed by atoms with Crippen molar-refractivity contribution >= 4 is 78.0 Å². The third kappa shape index (κ3) is 4.32. The maximum atomic E-state index is 13.2. The number of carbonyl (C=O) groups is 2. The van der Waals surface area contributed by atoms with Crippen LogP contribution in [0, 0.1) is 12.7 Å². The molecule has 10 heteroatoms. The van der Waals surface area contributed by atoms with Gasteiger partial charge in [-0.2, -0.15) is 0 Å². The summed E-state index contributed by atoms with van der Waals surface area (Å²) in [5.74, 6) is -1.35. The van der Waals surface area contributed by atoms with Crippen LogP contribution in [0.3, 0.4) is 0 Å². The maximum absolute atomic E-state index is 13.2. The van der Waals surface area contributed by atoms with Crippen molar-refractivity contribution < 1.29 is 14.0 Å². The van der Waals surface area contributed by atoms with Gasteiger partial charge in [-0.05, 0) is 55.0 Å². The van der Waals surface area contributed by atoms with Crippen molar-refractivity contribution in [3.8, 4) is 0 Å². The van der Waals surface area contributed by atoms with Crippen molar-refractivity contribution in [2.45, 2.75) is 6.92 Å². The molecule has 5 nitrogen and oxygen atoms in total. The van der Waals surface area contributed by atoms with E-state index in [0.717, 1.165) is 33.7 Å². The van der Waals surface area contributed by atoms with Gasteiger partial charge in [-0.25, -0.2) is 9.37 Å². The molecule has 2 N–H and O–H groups in total. The van der Waals surface area contributed by atoms with Crippen molar-refractivity contribution in [2.24, 2.45) is 0 Å². The molecule has 2 aromatic heterocycles. The molecule has 0 bridgehead atoms. The first-order valence-corrected chi connectivity index (χ1v) is 10.9. The van der Waals surface area contributed by atoms with E-state index in [4.69, 9.17) is 23.2 Å². The second kappa shape index (κ2) is 8.31. The number of nitrogens with one attached hydrogen (secondary N) is 2. The Hall–Kier alpha value is -2.52. The van der Waals surface area contributed by atoms with Crippen LogP contribution in [0.4, 0.5) is 14.5 Å². The maximum Gasteiger partial charge on any atom is 0.267 e. The van der Waals surface area contributed by atoms with Crippen LogP contribution in [0.1, 0.15) is 25.6 Å². The summed E-state index contributed by atoms with van der Waals surface area (Å²) in [6.45, 7) is 1.77. The van der Waals surface area contributed by atoms with Gasteiger partial charge >= 0.3 is 0 Å². The summed E-state index contributed by atoms with van der Waals surface area (Å²) >= 11 is 14.4. The molecule has 0 saturated carbocycles. The minimum atomic E-state index is -0.528. The summed E-state index contributed by atoms with van der Waals surface area (Å²) in [5, 5.41) is 7.00. The van der Waals surface area contributed by atoms with Crippen LogP contribution in [-0.4, -0.2) is 16.8 Å². The fraction of sp³-hybridized carbons (Fsp3) is 0.0500. The summed E-state index contributed by atoms with van der Waals surface area (Å²) in [5.41, 5.74) is 1.58. The quantitative estimate of drug-likeness (QED) is 0.345. The Morgan fingerprint density at radius 1 is 1.00 bits per heavy atom. The summed E-state index contributed by atoms with van der Waals surface area (Å²) in [7, 11) is 0. The summed E-state index contributed by atoms with van der Waals surface area (Å²) in [4.78, 5) is 29.9. The van der Waals surface area contributed by atoms with Gasteiger partial charge < -0.3 is 5.32 Å². The molecule has 0 unspecified atom stereocenters. The Morgan fingerprint density at radius 2 is 1.80 bits per heavy atom. The molecule has 4 aromatic rings. The first-order valence-electron chi connectivity index (χ1n) is 8.54. The molecule has 0 aliphatic rings. The predicted molar refractivity (Wildman–Crippen MR) is 121 cm³/mol. The zero-order valence-electron chi connectivity index (χ0n) is 15.3. The molecule has 2 amide bonds. The summed E-state index contributed by atoms with van der Waals surface area (Å²) < 4.78 is 14.0. The zero-order valence-corrected chi connectivity index (χ0v) is 18.4. The minimum absolute atomic E-state index is 0.00897. The average Bonchev–Trinajstić information content (AvgIpc) is 3.23. The lowest BCUT2D eigenvalue weighted by molar-refractivity contribution is 0.102. The van der Waals surface area contributed by atoms with E-state index in [1.54, 1.807) is 31.2 Å². The van der Waals surface area contributed by atoms with Crippen LogP contribution < -0.4 is 10.6 Å². The molecule has 2 heterocycles. The molecule has 0 atom stereocenters. The molecule has 0 aliphatic carbocycles. The van der Waals surface area contributed by atoms with Crippen LogP contribution in [0.2, 0.25) is 10.0 Å². The van der Waals surface area contributed by atoms with Crippen LogP contribution in [0.5, 0.6) is 0 Å². The van der Waals surface area contributed by atoms with Crippen molar-refractivity contribution in [3.05, 3.63) is 74.3 Å². The number of amides is 2. The van der Waals surface area contributed by atoms with E-state index in [-0.39, 0.29) is 16.5 Å². The van der Waals surface area contributed by atoms with Crippen molar-refractivity contribution in [2.75, 3.05) is 10.6 Å². The Labute approximate surface area is 188 Å². The van der Waals surface area contributed by atoms with Gasteiger partial charge in [0.25, 0.3) is 11.8 Å². The lowest BCUT2D eigenvalue weighted by Crippen LogP contribution is -2.12. The van der Waals surface area contributed by atoms with Gasteiger partial charge in [0, 0.05) is 5.02 Å². The number of thiophene rings is 1. The number of aromatic nitrogens is 1. The smallest absolute Gasteiger partial charge is 0.267 e. The largest absolute Gasteiger partial charge is 0.313 e. The Kier molecular flexibility index (Phi) is 5.75. The molecule has 2 aromatic carbocycles. The number of hydrogen-bond acceptors (Lipinski definition) is 5. The van der Waals surface area contributed by atoms with Crippen LogP contribution >= 0.6 is 45.9 Å². The standard InChI is InChI=1S/C20H12Cl2FN3O2S2/c1-9-6-16(25-18(27)12-4-3-11(23)8-13(12)22)30-17(9)19(28)26-20-24-14-5-2-10(21)7-15(14)29-20/h2-8H,1H3,(H,25,27)(H,24,26,28). The third-order valence-electron chi connectivity index (χ3n) is 4.11. The highest BCUT2D eigenvalue weighted by Gasteiger charge is 2.18. The van der Waals surface area contributed by atoms with E-state index in [0.29, 0.717) is 25.6 Å². The molecule has 0 aliphatic heterocycles. The molecule has 0 radical (unpaired) electrons. The SMILES string of the molecule is Cc1cc(NC(=O)c2ccc(F)cc2Cl)sc1C(=O)Nc1nc2ccc(Cl)cc2s1. The monoisotopic (exact) mass is 479 g/mol. The number of benzene rings is 2. The van der Waals surface area contributed by atoms with Crippen LogP contribution in [0.15, 0.2) is 42.5 Å². The van der Waals surface area contributed by atoms with Gasteiger partial charge in [0.15, 0.2) is 5.13 Å². The number of anilines is 2. The van der Waals surface area contributed by atoms with E-state index in [9.17, 15) is 14.0 Å². The van der Waals surface area contributed by atoms with E-state index in [1.165, 1.54) is 17.4 Å². The van der Waals surface area contributed by atoms with E-state index in [1.807, 2.05) is 0 Å². The molecule has 0 fully saturated rings. The van der Waals surface area contributed by atoms with Gasteiger partial charge in [-0.3, -0.25) is 14.9 Å². The number of hydrogen-bond donors (Lipinski definition) is 2. The van der Waals surface area contributed by atoms with Gasteiger partial charge in [0.05, 0.1) is 30.7 Å². The zero-order chi connectivity index (χ0) is 21.4. The molecule has 0 saturated heterocycles. The molecular weight excluding hydrogens is 468 g/mol. The molecule has 0 spiro atoms. The molecule has 4 rings (SSSR count). The molecular formula is C20H12Cl2FN3O2S2. The number of aryl methyl sites for hydroxylation is 1. The highest BCUT2D eigenvalue weighted by atomic mass is 35.5. The fourth-order valence-electron chi connectivity index (χ4n) is 2.73. The first kappa shape index (κ1) is 20.7. The number of halogens is 3. The number of fused-ring (bicyclic) bond motifs is 1. The molecule has 152 valence electrons. The third-order valence-corrected chi connectivity index (χ3v) is 6.74. The first-order chi connectivity index (χ1) is 14.3. The summed E-state index contributed by atoms with van der Waals surface area (Å²) in [6.07, 6.45) is 0. The number of thiazole rings is 1. The second-order valence-corrected chi connectivity index (χ2v) is 9.21. The van der Waals surface area contributed by atoms with Crippen LogP contribution in [0.25, 0.3) is 10.2 Å². The van der Waals surface area contributed by atoms with Gasteiger partial charge in [0.2, 0.25) is 0 Å². The van der Waals surface area contributed by atoms with E-state index >= 15 is 0 Å². The van der Waals surface area contributed by atoms with Crippen LogP contribution in [-0.2, 0) is 0 Å². The van der Waals surface area contributed by atoms with Crippen molar-refractivity contribution in [1.82, 2.24) is 4.98 Å². The van der Waals surface area contributed by atoms with E-state index < -0.39 is 11.7 Å². The number of nitrogens with zero attached hydrogens (tertiary/aromatic N) is 1. The minimum Gasteiger partial charge on any atom is -0.313 e. The van der Waals surface area contributed by atoms with Gasteiger partial charge in [-0.15, -0.1) is 11.3 Å². The van der Waals surface area contributed by atoms with Crippen molar-refractivity contribution in [1.29, 1.82) is 0 Å². The fourth-order valence-corrected chi connectivity index (χ4v) is 5.08. The topological polar surface area (TPSA) is 71.1 Å². The lowest BCUT2D eigenvalue weighted by atomic mass is 10.2. The highest BCUT2D eigenvalue weighted by molar-refractivity contribution is 7.22. The number of rotatable bonds is 4. The highest BCUT2D eigenvalue weighted by Crippen LogP contribution is 2.31. The Balaban J connectivity index is 1.51. The van der Waals surface area contributed by atoms with Gasteiger partial charge in [0.1, 0.15) is 5.82 Å². The van der Waals surface area contributed by atoms with E-state index in [2.05, 4.69) is 15.6 Å². The number of carbonyl (C=O) groups excluding carboxylic acids is 2. The second-order valence-electron chi connectivity index (χ2n) is 6.29. The normalized spacial score (nSPS) is 10.9. The average molecular weight is 480 g/mol. The lowest BCUT2D eigenvalue weighted by Gasteiger charge is -2.04.